The number of aromatic nitrogens is 3. The Bertz CT molecular complexity index is 352. The van der Waals surface area contributed by atoms with Gasteiger partial charge in [0, 0.05) is 13.1 Å². The molecule has 0 radical (unpaired) electrons. The summed E-state index contributed by atoms with van der Waals surface area (Å²) in [5, 5.41) is 7.86. The smallest absolute Gasteiger partial charge is 0.140 e. The van der Waals surface area contributed by atoms with Gasteiger partial charge < -0.3 is 5.32 Å². The van der Waals surface area contributed by atoms with E-state index in [4.69, 9.17) is 0 Å². The summed E-state index contributed by atoms with van der Waals surface area (Å²) in [6.07, 6.45) is 9.65. The van der Waals surface area contributed by atoms with Crippen molar-refractivity contribution in [1.29, 1.82) is 0 Å². The average molecular weight is 250 g/mol. The third kappa shape index (κ3) is 3.10. The fraction of sp³-hybridized carbons (Fsp3) is 0.857. The van der Waals surface area contributed by atoms with Gasteiger partial charge in [-0.2, -0.15) is 5.10 Å². The van der Waals surface area contributed by atoms with Crippen LogP contribution in [0.4, 0.5) is 0 Å². The fourth-order valence-corrected chi connectivity index (χ4v) is 3.04. The molecule has 4 heteroatoms. The van der Waals surface area contributed by atoms with Crippen LogP contribution in [0.3, 0.4) is 0 Å². The Morgan fingerprint density at radius 1 is 1.33 bits per heavy atom. The maximum atomic E-state index is 4.34. The standard InChI is InChI=1S/C14H26N4/c1-3-9-18-13(16-12-17-18)10-15-11-14(4-2)7-5-6-8-14/h12,15H,3-11H2,1-2H3. The minimum Gasteiger partial charge on any atom is -0.309 e. The molecule has 0 aliphatic heterocycles. The highest BCUT2D eigenvalue weighted by atomic mass is 15.3. The van der Waals surface area contributed by atoms with Crippen LogP contribution >= 0.6 is 0 Å². The SMILES string of the molecule is CCCn1ncnc1CNCC1(CC)CCCC1. The van der Waals surface area contributed by atoms with Crippen molar-refractivity contribution in [2.45, 2.75) is 65.5 Å². The lowest BCUT2D eigenvalue weighted by Crippen LogP contribution is -2.32. The number of hydrogen-bond acceptors (Lipinski definition) is 3. The van der Waals surface area contributed by atoms with E-state index < -0.39 is 0 Å². The van der Waals surface area contributed by atoms with Crippen LogP contribution in [-0.4, -0.2) is 21.3 Å². The van der Waals surface area contributed by atoms with E-state index in [1.54, 1.807) is 6.33 Å². The van der Waals surface area contributed by atoms with Crippen molar-refractivity contribution >= 4 is 0 Å². The van der Waals surface area contributed by atoms with Crippen molar-refractivity contribution in [2.24, 2.45) is 5.41 Å². The van der Waals surface area contributed by atoms with Crippen LogP contribution in [-0.2, 0) is 13.1 Å². The summed E-state index contributed by atoms with van der Waals surface area (Å²) >= 11 is 0. The molecule has 0 aromatic carbocycles. The van der Waals surface area contributed by atoms with Crippen LogP contribution in [0, 0.1) is 5.41 Å². The summed E-state index contributed by atoms with van der Waals surface area (Å²) in [6, 6.07) is 0. The van der Waals surface area contributed by atoms with Gasteiger partial charge in [-0.3, -0.25) is 0 Å². The molecular formula is C14H26N4. The quantitative estimate of drug-likeness (QED) is 0.809. The molecule has 0 bridgehead atoms. The lowest BCUT2D eigenvalue weighted by atomic mass is 9.83. The van der Waals surface area contributed by atoms with Crippen LogP contribution in [0.5, 0.6) is 0 Å². The van der Waals surface area contributed by atoms with Gasteiger partial charge in [-0.25, -0.2) is 9.67 Å². The van der Waals surface area contributed by atoms with Gasteiger partial charge in [0.2, 0.25) is 0 Å². The molecule has 0 unspecified atom stereocenters. The number of nitrogens with one attached hydrogen (secondary N) is 1. The minimum atomic E-state index is 0.551. The van der Waals surface area contributed by atoms with E-state index in [2.05, 4.69) is 29.2 Å². The van der Waals surface area contributed by atoms with Crippen molar-refractivity contribution in [1.82, 2.24) is 20.1 Å². The van der Waals surface area contributed by atoms with E-state index >= 15 is 0 Å². The molecular weight excluding hydrogens is 224 g/mol. The predicted molar refractivity (Wildman–Crippen MR) is 73.2 cm³/mol. The predicted octanol–water partition coefficient (Wildman–Crippen LogP) is 2.75. The summed E-state index contributed by atoms with van der Waals surface area (Å²) in [5.74, 6) is 1.07. The van der Waals surface area contributed by atoms with Crippen molar-refractivity contribution in [3.8, 4) is 0 Å². The Balaban J connectivity index is 1.82. The molecule has 0 spiro atoms. The highest BCUT2D eigenvalue weighted by Gasteiger charge is 2.31. The summed E-state index contributed by atoms with van der Waals surface area (Å²) in [4.78, 5) is 4.34. The highest BCUT2D eigenvalue weighted by Crippen LogP contribution is 2.40. The summed E-state index contributed by atoms with van der Waals surface area (Å²) in [7, 11) is 0. The van der Waals surface area contributed by atoms with Crippen molar-refractivity contribution in [3.63, 3.8) is 0 Å². The van der Waals surface area contributed by atoms with Crippen LogP contribution in [0.2, 0.25) is 0 Å². The first-order chi connectivity index (χ1) is 8.79. The van der Waals surface area contributed by atoms with E-state index in [1.807, 2.05) is 4.68 Å². The van der Waals surface area contributed by atoms with E-state index in [9.17, 15) is 0 Å². The van der Waals surface area contributed by atoms with Crippen LogP contribution < -0.4 is 5.32 Å². The molecule has 1 aromatic rings. The molecule has 1 N–H and O–H groups in total. The zero-order valence-electron chi connectivity index (χ0n) is 11.8. The van der Waals surface area contributed by atoms with Crippen molar-refractivity contribution < 1.29 is 0 Å². The minimum absolute atomic E-state index is 0.551. The number of nitrogens with zero attached hydrogens (tertiary/aromatic N) is 3. The maximum absolute atomic E-state index is 4.34. The Hall–Kier alpha value is -0.900. The summed E-state index contributed by atoms with van der Waals surface area (Å²) < 4.78 is 2.01. The topological polar surface area (TPSA) is 42.7 Å². The normalized spacial score (nSPS) is 18.3. The second kappa shape index (κ2) is 6.32. The monoisotopic (exact) mass is 250 g/mol. The molecule has 102 valence electrons. The van der Waals surface area contributed by atoms with Crippen molar-refractivity contribution in [3.05, 3.63) is 12.2 Å². The van der Waals surface area contributed by atoms with Gasteiger partial charge in [0.1, 0.15) is 12.2 Å². The zero-order chi connectivity index (χ0) is 12.8. The number of rotatable bonds is 7. The second-order valence-electron chi connectivity index (χ2n) is 5.56. The van der Waals surface area contributed by atoms with Crippen LogP contribution in [0.15, 0.2) is 6.33 Å². The van der Waals surface area contributed by atoms with Crippen LogP contribution in [0.25, 0.3) is 0 Å². The third-order valence-electron chi connectivity index (χ3n) is 4.33. The molecule has 0 atom stereocenters. The lowest BCUT2D eigenvalue weighted by molar-refractivity contribution is 0.266. The molecule has 18 heavy (non-hydrogen) atoms. The lowest BCUT2D eigenvalue weighted by Gasteiger charge is -2.27. The number of hydrogen-bond donors (Lipinski definition) is 1. The second-order valence-corrected chi connectivity index (χ2v) is 5.56. The molecule has 1 aromatic heterocycles. The Kier molecular flexibility index (Phi) is 4.75. The average Bonchev–Trinajstić information content (AvgIpc) is 3.01. The zero-order valence-corrected chi connectivity index (χ0v) is 11.8. The molecule has 1 aliphatic carbocycles. The summed E-state index contributed by atoms with van der Waals surface area (Å²) in [6.45, 7) is 7.44. The summed E-state index contributed by atoms with van der Waals surface area (Å²) in [5.41, 5.74) is 0.551. The molecule has 0 amide bonds. The maximum Gasteiger partial charge on any atom is 0.140 e. The Morgan fingerprint density at radius 3 is 2.78 bits per heavy atom. The number of aryl methyl sites for hydroxylation is 1. The molecule has 1 aliphatic rings. The highest BCUT2D eigenvalue weighted by molar-refractivity contribution is 4.88. The third-order valence-corrected chi connectivity index (χ3v) is 4.33. The van der Waals surface area contributed by atoms with Gasteiger partial charge in [0.05, 0.1) is 6.54 Å². The van der Waals surface area contributed by atoms with Gasteiger partial charge >= 0.3 is 0 Å². The van der Waals surface area contributed by atoms with E-state index in [1.165, 1.54) is 32.1 Å². The molecule has 4 nitrogen and oxygen atoms in total. The first-order valence-corrected chi connectivity index (χ1v) is 7.37. The first-order valence-electron chi connectivity index (χ1n) is 7.37. The van der Waals surface area contributed by atoms with E-state index in [0.29, 0.717) is 5.41 Å². The van der Waals surface area contributed by atoms with Gasteiger partial charge in [-0.15, -0.1) is 0 Å². The van der Waals surface area contributed by atoms with E-state index in [0.717, 1.165) is 31.9 Å². The first kappa shape index (κ1) is 13.5. The Labute approximate surface area is 110 Å². The van der Waals surface area contributed by atoms with Crippen molar-refractivity contribution in [2.75, 3.05) is 6.54 Å². The van der Waals surface area contributed by atoms with E-state index in [-0.39, 0.29) is 0 Å². The molecule has 0 saturated heterocycles. The largest absolute Gasteiger partial charge is 0.309 e. The van der Waals surface area contributed by atoms with Gasteiger partial charge in [0.15, 0.2) is 0 Å². The van der Waals surface area contributed by atoms with Gasteiger partial charge in [0.25, 0.3) is 0 Å². The van der Waals surface area contributed by atoms with Crippen LogP contribution in [0.1, 0.15) is 58.2 Å². The van der Waals surface area contributed by atoms with Gasteiger partial charge in [-0.1, -0.05) is 26.7 Å². The molecule has 1 fully saturated rings. The fourth-order valence-electron chi connectivity index (χ4n) is 3.04. The van der Waals surface area contributed by atoms with Gasteiger partial charge in [-0.05, 0) is 31.1 Å². The molecule has 2 rings (SSSR count). The Morgan fingerprint density at radius 2 is 2.11 bits per heavy atom. The molecule has 1 heterocycles. The molecule has 1 saturated carbocycles.